The van der Waals surface area contributed by atoms with Crippen molar-refractivity contribution in [2.24, 2.45) is 5.10 Å². The second-order valence-electron chi connectivity index (χ2n) is 6.05. The van der Waals surface area contributed by atoms with Gasteiger partial charge in [-0.3, -0.25) is 4.79 Å². The van der Waals surface area contributed by atoms with E-state index in [1.807, 2.05) is 0 Å². The lowest BCUT2D eigenvalue weighted by molar-refractivity contribution is -0.129. The summed E-state index contributed by atoms with van der Waals surface area (Å²) in [5, 5.41) is 13.8. The number of aliphatic hydroxyl groups is 1. The highest BCUT2D eigenvalue weighted by Gasteiger charge is 2.16. The zero-order valence-corrected chi connectivity index (χ0v) is 15.7. The molecule has 1 heterocycles. The maximum atomic E-state index is 12.0. The van der Waals surface area contributed by atoms with Crippen LogP contribution in [0.2, 0.25) is 0 Å². The van der Waals surface area contributed by atoms with Gasteiger partial charge in [0, 0.05) is 5.56 Å². The molecule has 148 valence electrons. The molecule has 0 aliphatic heterocycles. The van der Waals surface area contributed by atoms with E-state index >= 15 is 0 Å². The summed E-state index contributed by atoms with van der Waals surface area (Å²) in [5.74, 6) is -0.0185. The zero-order chi connectivity index (χ0) is 20.6. The summed E-state index contributed by atoms with van der Waals surface area (Å²) in [6, 6.07) is 18.8. The predicted octanol–water partition coefficient (Wildman–Crippen LogP) is 3.31. The lowest BCUT2D eigenvalue weighted by atomic mass is 10.1. The van der Waals surface area contributed by atoms with Gasteiger partial charge in [-0.15, -0.1) is 0 Å². The summed E-state index contributed by atoms with van der Waals surface area (Å²) < 4.78 is 10.6. The van der Waals surface area contributed by atoms with Crippen molar-refractivity contribution in [3.8, 4) is 11.3 Å². The maximum absolute atomic E-state index is 12.0. The molecule has 0 saturated carbocycles. The summed E-state index contributed by atoms with van der Waals surface area (Å²) in [4.78, 5) is 23.6. The van der Waals surface area contributed by atoms with E-state index in [0.29, 0.717) is 29.3 Å². The number of carbonyl (C=O) groups is 2. The molecule has 0 saturated heterocycles. The number of benzene rings is 2. The number of hydrogen-bond acceptors (Lipinski definition) is 6. The van der Waals surface area contributed by atoms with E-state index in [1.165, 1.54) is 6.21 Å². The van der Waals surface area contributed by atoms with Gasteiger partial charge < -0.3 is 14.3 Å². The average Bonchev–Trinajstić information content (AvgIpc) is 3.23. The van der Waals surface area contributed by atoms with Crippen molar-refractivity contribution in [3.05, 3.63) is 83.6 Å². The second-order valence-corrected chi connectivity index (χ2v) is 6.05. The summed E-state index contributed by atoms with van der Waals surface area (Å²) in [5.41, 5.74) is 4.00. The first kappa shape index (κ1) is 20.0. The Balaban J connectivity index is 1.60. The highest BCUT2D eigenvalue weighted by molar-refractivity contribution is 5.90. The number of hydrazone groups is 1. The van der Waals surface area contributed by atoms with Crippen LogP contribution < -0.4 is 5.43 Å². The first-order valence-corrected chi connectivity index (χ1v) is 9.02. The Kier molecular flexibility index (Phi) is 6.55. The SMILES string of the molecule is CCOC(=O)c1ccc(-c2ccc(/C=N/NC(=O)C(O)c3ccccc3)o2)cc1. The third-order valence-electron chi connectivity index (χ3n) is 4.04. The third-order valence-corrected chi connectivity index (χ3v) is 4.04. The number of furan rings is 1. The fraction of sp³-hybridized carbons (Fsp3) is 0.136. The van der Waals surface area contributed by atoms with Crippen LogP contribution in [0.3, 0.4) is 0 Å². The summed E-state index contributed by atoms with van der Waals surface area (Å²) in [6.45, 7) is 2.07. The van der Waals surface area contributed by atoms with Crippen LogP contribution >= 0.6 is 0 Å². The van der Waals surface area contributed by atoms with Crippen LogP contribution in [0.25, 0.3) is 11.3 Å². The fourth-order valence-corrected chi connectivity index (χ4v) is 2.57. The van der Waals surface area contributed by atoms with Gasteiger partial charge in [0.2, 0.25) is 0 Å². The third kappa shape index (κ3) is 5.18. The molecule has 0 fully saturated rings. The van der Waals surface area contributed by atoms with Crippen LogP contribution in [-0.2, 0) is 9.53 Å². The molecule has 3 aromatic rings. The molecular formula is C22H20N2O5. The Morgan fingerprint density at radius 3 is 2.52 bits per heavy atom. The van der Waals surface area contributed by atoms with Gasteiger partial charge >= 0.3 is 5.97 Å². The van der Waals surface area contributed by atoms with Crippen molar-refractivity contribution in [1.82, 2.24) is 5.43 Å². The van der Waals surface area contributed by atoms with Crippen LogP contribution in [0.1, 0.15) is 34.7 Å². The molecule has 2 N–H and O–H groups in total. The van der Waals surface area contributed by atoms with E-state index in [1.54, 1.807) is 73.7 Å². The molecule has 0 aliphatic carbocycles. The van der Waals surface area contributed by atoms with E-state index in [2.05, 4.69) is 10.5 Å². The number of hydrogen-bond donors (Lipinski definition) is 2. The first-order chi connectivity index (χ1) is 14.1. The molecule has 7 nitrogen and oxygen atoms in total. The van der Waals surface area contributed by atoms with Crippen LogP contribution in [0.15, 0.2) is 76.2 Å². The van der Waals surface area contributed by atoms with Crippen molar-refractivity contribution < 1.29 is 23.8 Å². The van der Waals surface area contributed by atoms with Crippen LogP contribution in [0.4, 0.5) is 0 Å². The van der Waals surface area contributed by atoms with Crippen molar-refractivity contribution in [1.29, 1.82) is 0 Å². The highest BCUT2D eigenvalue weighted by Crippen LogP contribution is 2.22. The number of nitrogens with one attached hydrogen (secondary N) is 1. The van der Waals surface area contributed by atoms with Crippen molar-refractivity contribution >= 4 is 18.1 Å². The number of nitrogens with zero attached hydrogens (tertiary/aromatic N) is 1. The monoisotopic (exact) mass is 392 g/mol. The molecule has 1 aromatic heterocycles. The zero-order valence-electron chi connectivity index (χ0n) is 15.7. The maximum Gasteiger partial charge on any atom is 0.338 e. The molecule has 29 heavy (non-hydrogen) atoms. The molecule has 3 rings (SSSR count). The topological polar surface area (TPSA) is 101 Å². The fourth-order valence-electron chi connectivity index (χ4n) is 2.57. The molecule has 0 bridgehead atoms. The Morgan fingerprint density at radius 2 is 1.83 bits per heavy atom. The number of esters is 1. The minimum atomic E-state index is -1.31. The van der Waals surface area contributed by atoms with Crippen molar-refractivity contribution in [3.63, 3.8) is 0 Å². The van der Waals surface area contributed by atoms with Gasteiger partial charge in [0.25, 0.3) is 5.91 Å². The van der Waals surface area contributed by atoms with E-state index in [-0.39, 0.29) is 5.97 Å². The van der Waals surface area contributed by atoms with Gasteiger partial charge in [-0.25, -0.2) is 10.2 Å². The minimum absolute atomic E-state index is 0.320. The average molecular weight is 392 g/mol. The number of ether oxygens (including phenoxy) is 1. The highest BCUT2D eigenvalue weighted by atomic mass is 16.5. The number of rotatable bonds is 7. The second kappa shape index (κ2) is 9.48. The minimum Gasteiger partial charge on any atom is -0.462 e. The Labute approximate surface area is 167 Å². The number of amides is 1. The van der Waals surface area contributed by atoms with Crippen LogP contribution in [-0.4, -0.2) is 29.8 Å². The van der Waals surface area contributed by atoms with E-state index < -0.39 is 12.0 Å². The first-order valence-electron chi connectivity index (χ1n) is 9.02. The molecule has 0 aliphatic rings. The standard InChI is InChI=1S/C22H20N2O5/c1-2-28-22(27)17-10-8-15(9-11-17)19-13-12-18(29-19)14-23-24-21(26)20(25)16-6-4-3-5-7-16/h3-14,20,25H,2H2,1H3,(H,24,26)/b23-14+. The molecule has 1 unspecified atom stereocenters. The van der Waals surface area contributed by atoms with E-state index in [0.717, 1.165) is 5.56 Å². The van der Waals surface area contributed by atoms with Crippen LogP contribution in [0, 0.1) is 0 Å². The van der Waals surface area contributed by atoms with Gasteiger partial charge in [0.05, 0.1) is 18.4 Å². The van der Waals surface area contributed by atoms with Gasteiger partial charge in [0.1, 0.15) is 11.5 Å². The molecule has 1 amide bonds. The lowest BCUT2D eigenvalue weighted by Gasteiger charge is -2.08. The van der Waals surface area contributed by atoms with E-state index in [9.17, 15) is 14.7 Å². The molecule has 0 spiro atoms. The largest absolute Gasteiger partial charge is 0.462 e. The Bertz CT molecular complexity index is 994. The van der Waals surface area contributed by atoms with Gasteiger partial charge in [-0.2, -0.15) is 5.10 Å². The summed E-state index contributed by atoms with van der Waals surface area (Å²) in [7, 11) is 0. The van der Waals surface area contributed by atoms with Crippen LogP contribution in [0.5, 0.6) is 0 Å². The normalized spacial score (nSPS) is 11.9. The van der Waals surface area contributed by atoms with Crippen molar-refractivity contribution in [2.75, 3.05) is 6.61 Å². The number of aliphatic hydroxyl groups excluding tert-OH is 1. The molecule has 0 radical (unpaired) electrons. The van der Waals surface area contributed by atoms with E-state index in [4.69, 9.17) is 9.15 Å². The van der Waals surface area contributed by atoms with Gasteiger partial charge in [-0.05, 0) is 36.8 Å². The Morgan fingerprint density at radius 1 is 1.10 bits per heavy atom. The molecule has 7 heteroatoms. The Hall–Kier alpha value is -3.71. The van der Waals surface area contributed by atoms with Gasteiger partial charge in [0.15, 0.2) is 6.10 Å². The molecular weight excluding hydrogens is 372 g/mol. The quantitative estimate of drug-likeness (QED) is 0.365. The predicted molar refractivity (Wildman–Crippen MR) is 107 cm³/mol. The summed E-state index contributed by atoms with van der Waals surface area (Å²) >= 11 is 0. The molecule has 2 aromatic carbocycles. The van der Waals surface area contributed by atoms with Crippen molar-refractivity contribution in [2.45, 2.75) is 13.0 Å². The smallest absolute Gasteiger partial charge is 0.338 e. The number of carbonyl (C=O) groups excluding carboxylic acids is 2. The lowest BCUT2D eigenvalue weighted by Crippen LogP contribution is -2.25. The summed E-state index contributed by atoms with van der Waals surface area (Å²) in [6.07, 6.45) is 0.0324. The van der Waals surface area contributed by atoms with Gasteiger partial charge in [-0.1, -0.05) is 42.5 Å². The molecule has 1 atom stereocenters.